The second kappa shape index (κ2) is 8.81. The van der Waals surface area contributed by atoms with E-state index in [0.29, 0.717) is 23.4 Å². The first-order chi connectivity index (χ1) is 15.5. The molecule has 160 valence electrons. The van der Waals surface area contributed by atoms with Crippen molar-refractivity contribution in [2.75, 3.05) is 18.5 Å². The number of nitrogens with zero attached hydrogens (tertiary/aromatic N) is 1. The molecule has 0 bridgehead atoms. The van der Waals surface area contributed by atoms with Gasteiger partial charge < -0.3 is 14.8 Å². The minimum atomic E-state index is -0.750. The van der Waals surface area contributed by atoms with Gasteiger partial charge in [-0.05, 0) is 37.3 Å². The second-order valence-electron chi connectivity index (χ2n) is 6.88. The Hall–Kier alpha value is -4.33. The summed E-state index contributed by atoms with van der Waals surface area (Å²) in [5.74, 6) is -1.77. The van der Waals surface area contributed by atoms with Gasteiger partial charge in [-0.1, -0.05) is 24.3 Å². The summed E-state index contributed by atoms with van der Waals surface area (Å²) < 4.78 is 10.3. The van der Waals surface area contributed by atoms with E-state index < -0.39 is 18.5 Å². The van der Waals surface area contributed by atoms with E-state index in [0.717, 1.165) is 0 Å². The molecular weight excluding hydrogens is 412 g/mol. The zero-order chi connectivity index (χ0) is 22.7. The van der Waals surface area contributed by atoms with Crippen molar-refractivity contribution >= 4 is 29.1 Å². The van der Waals surface area contributed by atoms with Crippen LogP contribution in [0.4, 0.5) is 5.69 Å². The highest BCUT2D eigenvalue weighted by molar-refractivity contribution is 6.28. The molecule has 3 aromatic rings. The Bertz CT molecular complexity index is 1250. The fraction of sp³-hybridized carbons (Fsp3) is 0.125. The highest BCUT2D eigenvalue weighted by atomic mass is 16.5. The Balaban J connectivity index is 1.44. The highest BCUT2D eigenvalue weighted by Gasteiger charge is 2.29. The molecule has 1 aliphatic carbocycles. The average molecular weight is 430 g/mol. The molecule has 0 unspecified atom stereocenters. The SMILES string of the molecule is CCOc1ncccc1C(=O)OCC(=O)Nc1ccc2c(c1)C(=O)c1ccccc1C2=O. The van der Waals surface area contributed by atoms with Crippen molar-refractivity contribution < 1.29 is 28.7 Å². The van der Waals surface area contributed by atoms with Crippen molar-refractivity contribution in [1.29, 1.82) is 0 Å². The molecule has 0 saturated carbocycles. The number of nitrogens with one attached hydrogen (secondary N) is 1. The number of hydrogen-bond donors (Lipinski definition) is 1. The molecule has 4 rings (SSSR count). The van der Waals surface area contributed by atoms with Crippen LogP contribution in [0.3, 0.4) is 0 Å². The summed E-state index contributed by atoms with van der Waals surface area (Å²) in [6.07, 6.45) is 1.48. The Kier molecular flexibility index (Phi) is 5.76. The molecule has 8 nitrogen and oxygen atoms in total. The third-order valence-electron chi connectivity index (χ3n) is 4.82. The molecule has 0 fully saturated rings. The molecule has 2 aromatic carbocycles. The van der Waals surface area contributed by atoms with Gasteiger partial charge in [0.25, 0.3) is 5.91 Å². The smallest absolute Gasteiger partial charge is 0.344 e. The zero-order valence-corrected chi connectivity index (χ0v) is 17.1. The number of amides is 1. The van der Waals surface area contributed by atoms with E-state index in [1.165, 1.54) is 30.5 Å². The quantitative estimate of drug-likeness (QED) is 0.468. The number of ketones is 2. The first-order valence-electron chi connectivity index (χ1n) is 9.87. The van der Waals surface area contributed by atoms with Gasteiger partial charge in [-0.2, -0.15) is 0 Å². The van der Waals surface area contributed by atoms with Crippen LogP contribution in [0.15, 0.2) is 60.8 Å². The van der Waals surface area contributed by atoms with E-state index in [-0.39, 0.29) is 34.1 Å². The molecule has 8 heteroatoms. The molecule has 0 saturated heterocycles. The summed E-state index contributed by atoms with van der Waals surface area (Å²) in [5, 5.41) is 2.57. The number of anilines is 1. The Morgan fingerprint density at radius 3 is 2.31 bits per heavy atom. The molecule has 1 aliphatic rings. The van der Waals surface area contributed by atoms with Gasteiger partial charge in [0.1, 0.15) is 5.56 Å². The summed E-state index contributed by atoms with van der Waals surface area (Å²) in [4.78, 5) is 54.0. The van der Waals surface area contributed by atoms with Crippen LogP contribution in [0, 0.1) is 0 Å². The molecular formula is C24H18N2O6. The average Bonchev–Trinajstić information content (AvgIpc) is 2.81. The second-order valence-corrected chi connectivity index (χ2v) is 6.88. The van der Waals surface area contributed by atoms with E-state index in [2.05, 4.69) is 10.3 Å². The highest BCUT2D eigenvalue weighted by Crippen LogP contribution is 2.29. The van der Waals surface area contributed by atoms with Gasteiger partial charge in [0.15, 0.2) is 18.2 Å². The number of fused-ring (bicyclic) bond motifs is 2. The van der Waals surface area contributed by atoms with Crippen molar-refractivity contribution in [3.8, 4) is 5.88 Å². The Morgan fingerprint density at radius 1 is 0.906 bits per heavy atom. The molecule has 0 spiro atoms. The number of carbonyl (C=O) groups is 4. The maximum absolute atomic E-state index is 12.8. The summed E-state index contributed by atoms with van der Waals surface area (Å²) in [6, 6.07) is 14.1. The van der Waals surface area contributed by atoms with Crippen molar-refractivity contribution in [2.45, 2.75) is 6.92 Å². The number of aromatic nitrogens is 1. The standard InChI is InChI=1S/C24H18N2O6/c1-2-31-23-18(8-5-11-25-23)24(30)32-13-20(27)26-14-9-10-17-19(12-14)22(29)16-7-4-3-6-15(16)21(17)28/h3-12H,2,13H2,1H3,(H,26,27). The fourth-order valence-corrected chi connectivity index (χ4v) is 3.38. The van der Waals surface area contributed by atoms with Crippen LogP contribution < -0.4 is 10.1 Å². The van der Waals surface area contributed by atoms with Crippen molar-refractivity contribution in [1.82, 2.24) is 4.98 Å². The van der Waals surface area contributed by atoms with Crippen molar-refractivity contribution in [2.24, 2.45) is 0 Å². The molecule has 0 aliphatic heterocycles. The van der Waals surface area contributed by atoms with E-state index in [1.54, 1.807) is 37.3 Å². The number of pyridine rings is 1. The van der Waals surface area contributed by atoms with Gasteiger partial charge in [-0.15, -0.1) is 0 Å². The number of ether oxygens (including phenoxy) is 2. The van der Waals surface area contributed by atoms with Crippen LogP contribution in [-0.2, 0) is 9.53 Å². The topological polar surface area (TPSA) is 112 Å². The van der Waals surface area contributed by atoms with Gasteiger partial charge in [0.05, 0.1) is 6.61 Å². The number of carbonyl (C=O) groups excluding carboxylic acids is 4. The minimum absolute atomic E-state index is 0.110. The fourth-order valence-electron chi connectivity index (χ4n) is 3.38. The molecule has 1 heterocycles. The number of esters is 1. The molecule has 1 N–H and O–H groups in total. The van der Waals surface area contributed by atoms with E-state index in [1.807, 2.05) is 0 Å². The third kappa shape index (κ3) is 3.98. The lowest BCUT2D eigenvalue weighted by Crippen LogP contribution is -2.23. The lowest BCUT2D eigenvalue weighted by molar-refractivity contribution is -0.119. The maximum atomic E-state index is 12.8. The number of benzene rings is 2. The molecule has 0 radical (unpaired) electrons. The van der Waals surface area contributed by atoms with Crippen LogP contribution >= 0.6 is 0 Å². The van der Waals surface area contributed by atoms with E-state index in [4.69, 9.17) is 9.47 Å². The first-order valence-corrected chi connectivity index (χ1v) is 9.87. The van der Waals surface area contributed by atoms with Crippen LogP contribution in [-0.4, -0.2) is 41.6 Å². The minimum Gasteiger partial charge on any atom is -0.477 e. The Labute approximate surface area is 183 Å². The summed E-state index contributed by atoms with van der Waals surface area (Å²) in [7, 11) is 0. The molecule has 32 heavy (non-hydrogen) atoms. The summed E-state index contributed by atoms with van der Waals surface area (Å²) in [6.45, 7) is 1.53. The molecule has 1 aromatic heterocycles. The van der Waals surface area contributed by atoms with Crippen LogP contribution in [0.5, 0.6) is 5.88 Å². The van der Waals surface area contributed by atoms with Gasteiger partial charge >= 0.3 is 5.97 Å². The summed E-state index contributed by atoms with van der Waals surface area (Å²) >= 11 is 0. The largest absolute Gasteiger partial charge is 0.477 e. The molecule has 1 amide bonds. The lowest BCUT2D eigenvalue weighted by atomic mass is 9.84. The summed E-state index contributed by atoms with van der Waals surface area (Å²) in [5.41, 5.74) is 1.58. The van der Waals surface area contributed by atoms with Crippen LogP contribution in [0.1, 0.15) is 49.1 Å². The molecule has 0 atom stereocenters. The zero-order valence-electron chi connectivity index (χ0n) is 17.1. The van der Waals surface area contributed by atoms with E-state index >= 15 is 0 Å². The first kappa shape index (κ1) is 20.9. The number of hydrogen-bond acceptors (Lipinski definition) is 7. The lowest BCUT2D eigenvalue weighted by Gasteiger charge is -2.18. The van der Waals surface area contributed by atoms with Gasteiger partial charge in [0.2, 0.25) is 5.88 Å². The Morgan fingerprint density at radius 2 is 1.59 bits per heavy atom. The van der Waals surface area contributed by atoms with Gasteiger partial charge in [0, 0.05) is 34.1 Å². The van der Waals surface area contributed by atoms with Crippen molar-refractivity contribution in [3.63, 3.8) is 0 Å². The number of rotatable bonds is 6. The van der Waals surface area contributed by atoms with Crippen LogP contribution in [0.2, 0.25) is 0 Å². The van der Waals surface area contributed by atoms with E-state index in [9.17, 15) is 19.2 Å². The maximum Gasteiger partial charge on any atom is 0.344 e. The van der Waals surface area contributed by atoms with Crippen LogP contribution in [0.25, 0.3) is 0 Å². The predicted octanol–water partition coefficient (Wildman–Crippen LogP) is 3.05. The predicted molar refractivity (Wildman–Crippen MR) is 114 cm³/mol. The van der Waals surface area contributed by atoms with Crippen molar-refractivity contribution in [3.05, 3.63) is 88.6 Å². The third-order valence-corrected chi connectivity index (χ3v) is 4.82. The normalized spacial score (nSPS) is 11.9. The van der Waals surface area contributed by atoms with Gasteiger partial charge in [-0.3, -0.25) is 14.4 Å². The van der Waals surface area contributed by atoms with Gasteiger partial charge in [-0.25, -0.2) is 9.78 Å². The monoisotopic (exact) mass is 430 g/mol.